The third-order valence-corrected chi connectivity index (χ3v) is 4.55. The number of fused-ring (bicyclic) bond motifs is 1. The fourth-order valence-corrected chi connectivity index (χ4v) is 3.20. The van der Waals surface area contributed by atoms with E-state index in [1.165, 1.54) is 0 Å². The Labute approximate surface area is 181 Å². The molecule has 1 heterocycles. The highest BCUT2D eigenvalue weighted by Gasteiger charge is 2.11. The summed E-state index contributed by atoms with van der Waals surface area (Å²) < 4.78 is 5.66. The minimum Gasteiger partial charge on any atom is -0.484 e. The minimum absolute atomic E-state index is 0.0407. The Morgan fingerprint density at radius 2 is 1.71 bits per heavy atom. The number of carbonyl (C=O) groups excluding carboxylic acids is 1. The number of para-hydroxylation sites is 2. The first-order chi connectivity index (χ1) is 15.1. The number of hydrogen-bond acceptors (Lipinski definition) is 5. The molecule has 0 aliphatic heterocycles. The lowest BCUT2D eigenvalue weighted by Gasteiger charge is -2.12. The zero-order valence-electron chi connectivity index (χ0n) is 17.5. The van der Waals surface area contributed by atoms with Crippen LogP contribution < -0.4 is 15.4 Å². The Morgan fingerprint density at radius 1 is 0.935 bits per heavy atom. The van der Waals surface area contributed by atoms with Crippen molar-refractivity contribution in [3.8, 4) is 17.1 Å². The molecule has 3 aromatic carbocycles. The lowest BCUT2D eigenvalue weighted by molar-refractivity contribution is -0.123. The third kappa shape index (κ3) is 5.17. The molecule has 6 heteroatoms. The summed E-state index contributed by atoms with van der Waals surface area (Å²) >= 11 is 0. The SMILES string of the molecule is CC(C)NC(=O)COc1cccc(-c2nc(Nc3ccccc3)c3ccccc3n2)c1. The molecule has 31 heavy (non-hydrogen) atoms. The highest BCUT2D eigenvalue weighted by atomic mass is 16.5. The van der Waals surface area contributed by atoms with Gasteiger partial charge in [0.1, 0.15) is 11.6 Å². The maximum absolute atomic E-state index is 11.9. The first-order valence-corrected chi connectivity index (χ1v) is 10.2. The van der Waals surface area contributed by atoms with E-state index < -0.39 is 0 Å². The van der Waals surface area contributed by atoms with Gasteiger partial charge >= 0.3 is 0 Å². The van der Waals surface area contributed by atoms with Crippen LogP contribution in [0.4, 0.5) is 11.5 Å². The molecule has 0 spiro atoms. The van der Waals surface area contributed by atoms with E-state index in [9.17, 15) is 4.79 Å². The van der Waals surface area contributed by atoms with Crippen LogP contribution in [-0.2, 0) is 4.79 Å². The van der Waals surface area contributed by atoms with Gasteiger partial charge < -0.3 is 15.4 Å². The van der Waals surface area contributed by atoms with Gasteiger partial charge in [0.25, 0.3) is 5.91 Å². The van der Waals surface area contributed by atoms with Crippen molar-refractivity contribution >= 4 is 28.3 Å². The van der Waals surface area contributed by atoms with Crippen molar-refractivity contribution in [3.05, 3.63) is 78.9 Å². The van der Waals surface area contributed by atoms with Crippen molar-refractivity contribution in [3.63, 3.8) is 0 Å². The van der Waals surface area contributed by atoms with E-state index in [1.807, 2.05) is 92.7 Å². The molecule has 0 unspecified atom stereocenters. The van der Waals surface area contributed by atoms with Crippen LogP contribution in [0.5, 0.6) is 5.75 Å². The van der Waals surface area contributed by atoms with Crippen LogP contribution in [-0.4, -0.2) is 28.5 Å². The number of aromatic nitrogens is 2. The fourth-order valence-electron chi connectivity index (χ4n) is 3.20. The highest BCUT2D eigenvalue weighted by molar-refractivity contribution is 5.92. The number of anilines is 2. The van der Waals surface area contributed by atoms with Crippen molar-refractivity contribution in [2.24, 2.45) is 0 Å². The summed E-state index contributed by atoms with van der Waals surface area (Å²) in [6.45, 7) is 3.79. The molecular weight excluding hydrogens is 388 g/mol. The largest absolute Gasteiger partial charge is 0.484 e. The molecule has 0 saturated heterocycles. The molecule has 1 aromatic heterocycles. The quantitative estimate of drug-likeness (QED) is 0.449. The molecule has 0 radical (unpaired) electrons. The maximum atomic E-state index is 11.9. The number of ether oxygens (including phenoxy) is 1. The second-order valence-corrected chi connectivity index (χ2v) is 7.44. The normalized spacial score (nSPS) is 10.8. The summed E-state index contributed by atoms with van der Waals surface area (Å²) in [5, 5.41) is 7.15. The Bertz CT molecular complexity index is 1190. The number of hydrogen-bond donors (Lipinski definition) is 2. The second-order valence-electron chi connectivity index (χ2n) is 7.44. The fraction of sp³-hybridized carbons (Fsp3) is 0.160. The second kappa shape index (κ2) is 9.26. The smallest absolute Gasteiger partial charge is 0.258 e. The summed E-state index contributed by atoms with van der Waals surface area (Å²) in [5.74, 6) is 1.74. The number of nitrogens with one attached hydrogen (secondary N) is 2. The van der Waals surface area contributed by atoms with Crippen molar-refractivity contribution in [2.75, 3.05) is 11.9 Å². The van der Waals surface area contributed by atoms with Gasteiger partial charge in [0.2, 0.25) is 0 Å². The highest BCUT2D eigenvalue weighted by Crippen LogP contribution is 2.28. The standard InChI is InChI=1S/C25H24N4O2/c1-17(2)26-23(30)16-31-20-12-8-9-18(15-20)24-28-22-14-7-6-13-21(22)25(29-24)27-19-10-4-3-5-11-19/h3-15,17H,16H2,1-2H3,(H,26,30)(H,27,28,29). The lowest BCUT2D eigenvalue weighted by atomic mass is 10.1. The molecule has 0 aliphatic rings. The first-order valence-electron chi connectivity index (χ1n) is 10.2. The van der Waals surface area contributed by atoms with Gasteiger partial charge in [0, 0.05) is 22.7 Å². The zero-order valence-corrected chi connectivity index (χ0v) is 17.5. The summed E-state index contributed by atoms with van der Waals surface area (Å²) in [6, 6.07) is 25.3. The monoisotopic (exact) mass is 412 g/mol. The predicted octanol–water partition coefficient (Wildman–Crippen LogP) is 4.94. The maximum Gasteiger partial charge on any atom is 0.258 e. The predicted molar refractivity (Wildman–Crippen MR) is 123 cm³/mol. The van der Waals surface area contributed by atoms with Gasteiger partial charge in [-0.3, -0.25) is 4.79 Å². The Kier molecular flexibility index (Phi) is 6.08. The van der Waals surface area contributed by atoms with Gasteiger partial charge in [-0.1, -0.05) is 42.5 Å². The average molecular weight is 412 g/mol. The molecule has 1 amide bonds. The molecule has 4 aromatic rings. The van der Waals surface area contributed by atoms with E-state index in [4.69, 9.17) is 14.7 Å². The van der Waals surface area contributed by atoms with Crippen LogP contribution in [0.3, 0.4) is 0 Å². The molecule has 156 valence electrons. The van der Waals surface area contributed by atoms with E-state index in [-0.39, 0.29) is 18.6 Å². The molecule has 0 fully saturated rings. The van der Waals surface area contributed by atoms with Crippen molar-refractivity contribution < 1.29 is 9.53 Å². The van der Waals surface area contributed by atoms with Crippen molar-refractivity contribution in [1.82, 2.24) is 15.3 Å². The van der Waals surface area contributed by atoms with Crippen molar-refractivity contribution in [2.45, 2.75) is 19.9 Å². The summed E-state index contributed by atoms with van der Waals surface area (Å²) in [6.07, 6.45) is 0. The van der Waals surface area contributed by atoms with Crippen molar-refractivity contribution in [1.29, 1.82) is 0 Å². The van der Waals surface area contributed by atoms with Gasteiger partial charge in [-0.15, -0.1) is 0 Å². The molecule has 2 N–H and O–H groups in total. The molecule has 0 atom stereocenters. The topological polar surface area (TPSA) is 76.1 Å². The number of benzene rings is 3. The lowest BCUT2D eigenvalue weighted by Crippen LogP contribution is -2.34. The first kappa shape index (κ1) is 20.3. The van der Waals surface area contributed by atoms with E-state index in [0.29, 0.717) is 11.6 Å². The zero-order chi connectivity index (χ0) is 21.6. The van der Waals surface area contributed by atoms with E-state index in [2.05, 4.69) is 10.6 Å². The Morgan fingerprint density at radius 3 is 2.52 bits per heavy atom. The summed E-state index contributed by atoms with van der Waals surface area (Å²) in [4.78, 5) is 21.4. The van der Waals surface area contributed by atoms with Crippen LogP contribution in [0.15, 0.2) is 78.9 Å². The molecule has 6 nitrogen and oxygen atoms in total. The number of nitrogens with zero attached hydrogens (tertiary/aromatic N) is 2. The third-order valence-electron chi connectivity index (χ3n) is 4.55. The number of carbonyl (C=O) groups is 1. The van der Waals surface area contributed by atoms with Gasteiger partial charge in [0.15, 0.2) is 12.4 Å². The average Bonchev–Trinajstić information content (AvgIpc) is 2.78. The van der Waals surface area contributed by atoms with E-state index in [1.54, 1.807) is 0 Å². The van der Waals surface area contributed by atoms with Gasteiger partial charge in [-0.05, 0) is 50.2 Å². The minimum atomic E-state index is -0.156. The van der Waals surface area contributed by atoms with E-state index >= 15 is 0 Å². The number of amides is 1. The summed E-state index contributed by atoms with van der Waals surface area (Å²) in [7, 11) is 0. The van der Waals surface area contributed by atoms with Crippen LogP contribution in [0.25, 0.3) is 22.3 Å². The molecule has 0 aliphatic carbocycles. The van der Waals surface area contributed by atoms with Gasteiger partial charge in [-0.25, -0.2) is 9.97 Å². The molecule has 0 bridgehead atoms. The van der Waals surface area contributed by atoms with Crippen LogP contribution >= 0.6 is 0 Å². The van der Waals surface area contributed by atoms with Gasteiger partial charge in [-0.2, -0.15) is 0 Å². The molecule has 0 saturated carbocycles. The number of rotatable bonds is 7. The Hall–Kier alpha value is -3.93. The molecular formula is C25H24N4O2. The Balaban J connectivity index is 1.64. The van der Waals surface area contributed by atoms with Gasteiger partial charge in [0.05, 0.1) is 5.52 Å². The van der Waals surface area contributed by atoms with Crippen LogP contribution in [0.2, 0.25) is 0 Å². The molecule has 4 rings (SSSR count). The van der Waals surface area contributed by atoms with Crippen LogP contribution in [0, 0.1) is 0 Å². The summed E-state index contributed by atoms with van der Waals surface area (Å²) in [5.41, 5.74) is 2.60. The van der Waals surface area contributed by atoms with E-state index in [0.717, 1.165) is 28.0 Å². The van der Waals surface area contributed by atoms with Crippen LogP contribution in [0.1, 0.15) is 13.8 Å².